The molecule has 0 radical (unpaired) electrons. The molecular weight excluding hydrogens is 398 g/mol. The van der Waals surface area contributed by atoms with Gasteiger partial charge in [0.15, 0.2) is 5.58 Å². The van der Waals surface area contributed by atoms with Gasteiger partial charge in [-0.3, -0.25) is 0 Å². The minimum atomic E-state index is -0.404. The fourth-order valence-corrected chi connectivity index (χ4v) is 4.31. The Kier molecular flexibility index (Phi) is 4.29. The van der Waals surface area contributed by atoms with Gasteiger partial charge in [-0.25, -0.2) is 4.79 Å². The fourth-order valence-electron chi connectivity index (χ4n) is 4.31. The number of furan rings is 1. The number of nitrogens with one attached hydrogen (secondary N) is 1. The van der Waals surface area contributed by atoms with Crippen molar-refractivity contribution in [1.82, 2.24) is 0 Å². The van der Waals surface area contributed by atoms with Crippen LogP contribution in [0.2, 0.25) is 0 Å². The molecule has 6 rings (SSSR count). The zero-order chi connectivity index (χ0) is 21.5. The van der Waals surface area contributed by atoms with Crippen LogP contribution in [0, 0.1) is 0 Å². The lowest BCUT2D eigenvalue weighted by Crippen LogP contribution is -2.02. The largest absolute Gasteiger partial charge is 0.439 e. The zero-order valence-corrected chi connectivity index (χ0v) is 17.2. The van der Waals surface area contributed by atoms with E-state index in [1.165, 1.54) is 0 Å². The molecule has 32 heavy (non-hydrogen) atoms. The summed E-state index contributed by atoms with van der Waals surface area (Å²) in [6, 6.07) is 31.8. The SMILES string of the molecule is O=c1oc2ccccc2c2oc(NCc3ccccc3)c(-c3cccc4ccccc34)c12. The van der Waals surface area contributed by atoms with Crippen molar-refractivity contribution in [3.8, 4) is 11.1 Å². The standard InChI is InChI=1S/C28H19NO3/c30-28-25-24(21-15-8-12-19-11-4-5-13-20(19)21)27(29-17-18-9-2-1-3-10-18)32-26(25)22-14-6-7-16-23(22)31-28/h1-16,29H,17H2. The highest BCUT2D eigenvalue weighted by Gasteiger charge is 2.23. The minimum Gasteiger partial charge on any atom is -0.439 e. The van der Waals surface area contributed by atoms with Crippen molar-refractivity contribution < 1.29 is 8.83 Å². The maximum absolute atomic E-state index is 13.2. The highest BCUT2D eigenvalue weighted by Crippen LogP contribution is 2.42. The second-order valence-corrected chi connectivity index (χ2v) is 7.76. The summed E-state index contributed by atoms with van der Waals surface area (Å²) in [6.45, 7) is 0.571. The molecule has 0 unspecified atom stereocenters. The Bertz CT molecular complexity index is 1640. The van der Waals surface area contributed by atoms with Crippen LogP contribution < -0.4 is 10.9 Å². The Morgan fingerprint density at radius 1 is 0.688 bits per heavy atom. The monoisotopic (exact) mass is 417 g/mol. The minimum absolute atomic E-state index is 0.404. The predicted octanol–water partition coefficient (Wildman–Crippen LogP) is 6.97. The third-order valence-electron chi connectivity index (χ3n) is 5.80. The van der Waals surface area contributed by atoms with Crippen molar-refractivity contribution in [2.75, 3.05) is 5.32 Å². The van der Waals surface area contributed by atoms with Gasteiger partial charge in [0.1, 0.15) is 11.0 Å². The van der Waals surface area contributed by atoms with E-state index in [4.69, 9.17) is 8.83 Å². The predicted molar refractivity (Wildman–Crippen MR) is 129 cm³/mol. The van der Waals surface area contributed by atoms with Crippen LogP contribution in [-0.2, 0) is 6.54 Å². The Labute approximate surface area is 183 Å². The molecule has 0 saturated heterocycles. The summed E-state index contributed by atoms with van der Waals surface area (Å²) in [5.74, 6) is 0.559. The maximum Gasteiger partial charge on any atom is 0.348 e. The first-order valence-electron chi connectivity index (χ1n) is 10.5. The van der Waals surface area contributed by atoms with Gasteiger partial charge in [0.2, 0.25) is 5.88 Å². The molecule has 0 aliphatic rings. The van der Waals surface area contributed by atoms with Crippen LogP contribution in [0.25, 0.3) is 43.8 Å². The van der Waals surface area contributed by atoms with Crippen LogP contribution in [-0.4, -0.2) is 0 Å². The highest BCUT2D eigenvalue weighted by atomic mass is 16.4. The zero-order valence-electron chi connectivity index (χ0n) is 17.2. The summed E-state index contributed by atoms with van der Waals surface area (Å²) in [7, 11) is 0. The number of rotatable bonds is 4. The van der Waals surface area contributed by atoms with E-state index in [9.17, 15) is 4.79 Å². The molecule has 4 aromatic carbocycles. The summed E-state index contributed by atoms with van der Waals surface area (Å²) >= 11 is 0. The van der Waals surface area contributed by atoms with E-state index in [0.29, 0.717) is 29.0 Å². The van der Waals surface area contributed by atoms with Crippen LogP contribution >= 0.6 is 0 Å². The number of fused-ring (bicyclic) bond motifs is 4. The summed E-state index contributed by atoms with van der Waals surface area (Å²) in [4.78, 5) is 13.2. The molecule has 2 heterocycles. The van der Waals surface area contributed by atoms with Crippen LogP contribution in [0.3, 0.4) is 0 Å². The van der Waals surface area contributed by atoms with E-state index in [2.05, 4.69) is 35.6 Å². The van der Waals surface area contributed by atoms with Gasteiger partial charge in [0, 0.05) is 6.54 Å². The first-order chi connectivity index (χ1) is 15.8. The van der Waals surface area contributed by atoms with E-state index in [1.54, 1.807) is 6.07 Å². The molecule has 0 spiro atoms. The molecule has 2 aromatic heterocycles. The Morgan fingerprint density at radius 2 is 1.41 bits per heavy atom. The molecule has 4 heteroatoms. The van der Waals surface area contributed by atoms with Gasteiger partial charge < -0.3 is 14.2 Å². The first-order valence-corrected chi connectivity index (χ1v) is 10.5. The molecule has 0 aliphatic carbocycles. The van der Waals surface area contributed by atoms with E-state index in [0.717, 1.165) is 32.8 Å². The van der Waals surface area contributed by atoms with Gasteiger partial charge >= 0.3 is 5.63 Å². The van der Waals surface area contributed by atoms with Crippen LogP contribution in [0.1, 0.15) is 5.56 Å². The second-order valence-electron chi connectivity index (χ2n) is 7.76. The van der Waals surface area contributed by atoms with Crippen molar-refractivity contribution >= 4 is 38.6 Å². The molecule has 4 nitrogen and oxygen atoms in total. The lowest BCUT2D eigenvalue weighted by molar-refractivity contribution is 0.565. The Morgan fingerprint density at radius 3 is 2.28 bits per heavy atom. The van der Waals surface area contributed by atoms with Crippen molar-refractivity contribution in [3.05, 3.63) is 113 Å². The lowest BCUT2D eigenvalue weighted by atomic mass is 9.97. The third kappa shape index (κ3) is 2.96. The molecule has 6 aromatic rings. The molecule has 0 amide bonds. The highest BCUT2D eigenvalue weighted by molar-refractivity contribution is 6.13. The number of anilines is 1. The van der Waals surface area contributed by atoms with Crippen molar-refractivity contribution in [2.24, 2.45) is 0 Å². The van der Waals surface area contributed by atoms with E-state index in [-0.39, 0.29) is 0 Å². The quantitative estimate of drug-likeness (QED) is 0.315. The molecular formula is C28H19NO3. The van der Waals surface area contributed by atoms with Crippen LogP contribution in [0.5, 0.6) is 0 Å². The summed E-state index contributed by atoms with van der Waals surface area (Å²) in [5.41, 5.74) is 3.42. The molecule has 154 valence electrons. The molecule has 0 aliphatic heterocycles. The number of hydrogen-bond donors (Lipinski definition) is 1. The van der Waals surface area contributed by atoms with Gasteiger partial charge in [-0.2, -0.15) is 0 Å². The molecule has 0 saturated carbocycles. The second kappa shape index (κ2) is 7.43. The van der Waals surface area contributed by atoms with Gasteiger partial charge in [0.05, 0.1) is 10.9 Å². The molecule has 0 fully saturated rings. The smallest absolute Gasteiger partial charge is 0.348 e. The first kappa shape index (κ1) is 18.5. The van der Waals surface area contributed by atoms with Crippen molar-refractivity contribution in [1.29, 1.82) is 0 Å². The summed E-state index contributed by atoms with van der Waals surface area (Å²) < 4.78 is 12.0. The van der Waals surface area contributed by atoms with E-state index in [1.807, 2.05) is 60.7 Å². The van der Waals surface area contributed by atoms with Gasteiger partial charge in [-0.05, 0) is 34.0 Å². The summed E-state index contributed by atoms with van der Waals surface area (Å²) in [6.07, 6.45) is 0. The average molecular weight is 417 g/mol. The van der Waals surface area contributed by atoms with Gasteiger partial charge in [-0.1, -0.05) is 84.9 Å². The topological polar surface area (TPSA) is 55.4 Å². The molecule has 0 bridgehead atoms. The average Bonchev–Trinajstić information content (AvgIpc) is 3.23. The van der Waals surface area contributed by atoms with Crippen LogP contribution in [0.4, 0.5) is 5.88 Å². The number of benzene rings is 4. The van der Waals surface area contributed by atoms with Crippen LogP contribution in [0.15, 0.2) is 111 Å². The molecule has 0 atom stereocenters. The Hall–Kier alpha value is -4.31. The van der Waals surface area contributed by atoms with Gasteiger partial charge in [-0.15, -0.1) is 0 Å². The van der Waals surface area contributed by atoms with Crippen molar-refractivity contribution in [2.45, 2.75) is 6.54 Å². The number of para-hydroxylation sites is 1. The number of hydrogen-bond acceptors (Lipinski definition) is 4. The van der Waals surface area contributed by atoms with Crippen molar-refractivity contribution in [3.63, 3.8) is 0 Å². The molecule has 1 N–H and O–H groups in total. The summed E-state index contributed by atoms with van der Waals surface area (Å²) in [5, 5.41) is 6.80. The lowest BCUT2D eigenvalue weighted by Gasteiger charge is -2.09. The maximum atomic E-state index is 13.2. The van der Waals surface area contributed by atoms with Gasteiger partial charge in [0.25, 0.3) is 0 Å². The van der Waals surface area contributed by atoms with E-state index < -0.39 is 5.63 Å². The fraction of sp³-hybridized carbons (Fsp3) is 0.0357. The normalized spacial score (nSPS) is 11.4. The van der Waals surface area contributed by atoms with E-state index >= 15 is 0 Å². The third-order valence-corrected chi connectivity index (χ3v) is 5.80. The Balaban J connectivity index is 1.66.